The number of hydrogen-bond donors (Lipinski definition) is 2. The Morgan fingerprint density at radius 2 is 1.96 bits per heavy atom. The van der Waals surface area contributed by atoms with E-state index in [1.807, 2.05) is 0 Å². The fraction of sp³-hybridized carbons (Fsp3) is 0.188. The predicted molar refractivity (Wildman–Crippen MR) is 86.1 cm³/mol. The number of amides is 1. The molecule has 0 spiro atoms. The summed E-state index contributed by atoms with van der Waals surface area (Å²) in [7, 11) is 1.50. The molecule has 1 atom stereocenters. The van der Waals surface area contributed by atoms with Crippen molar-refractivity contribution in [3.05, 3.63) is 53.1 Å². The fourth-order valence-corrected chi connectivity index (χ4v) is 2.16. The highest BCUT2D eigenvalue weighted by Crippen LogP contribution is 2.27. The Morgan fingerprint density at radius 1 is 1.22 bits per heavy atom. The molecule has 122 valence electrons. The van der Waals surface area contributed by atoms with Crippen LogP contribution in [0.3, 0.4) is 0 Å². The summed E-state index contributed by atoms with van der Waals surface area (Å²) in [6.07, 6.45) is 0. The molecule has 0 bridgehead atoms. The Kier molecular flexibility index (Phi) is 5.39. The van der Waals surface area contributed by atoms with Gasteiger partial charge < -0.3 is 15.4 Å². The Balaban J connectivity index is 2.05. The summed E-state index contributed by atoms with van der Waals surface area (Å²) in [5, 5.41) is 5.64. The van der Waals surface area contributed by atoms with Gasteiger partial charge in [-0.05, 0) is 37.3 Å². The summed E-state index contributed by atoms with van der Waals surface area (Å²) in [6, 6.07) is 7.11. The van der Waals surface area contributed by atoms with Gasteiger partial charge in [-0.25, -0.2) is 8.78 Å². The Hall–Kier alpha value is -2.34. The van der Waals surface area contributed by atoms with Gasteiger partial charge >= 0.3 is 0 Å². The average Bonchev–Trinajstić information content (AvgIpc) is 2.51. The van der Waals surface area contributed by atoms with Crippen LogP contribution in [-0.2, 0) is 4.79 Å². The first-order valence-corrected chi connectivity index (χ1v) is 7.14. The average molecular weight is 341 g/mol. The van der Waals surface area contributed by atoms with Crippen LogP contribution in [0.5, 0.6) is 5.75 Å². The Bertz CT molecular complexity index is 725. The topological polar surface area (TPSA) is 50.4 Å². The molecule has 0 fully saturated rings. The van der Waals surface area contributed by atoms with E-state index in [-0.39, 0.29) is 5.69 Å². The van der Waals surface area contributed by atoms with E-state index in [1.54, 1.807) is 25.1 Å². The van der Waals surface area contributed by atoms with Gasteiger partial charge in [-0.15, -0.1) is 0 Å². The van der Waals surface area contributed by atoms with E-state index in [9.17, 15) is 13.6 Å². The molecule has 0 radical (unpaired) electrons. The number of nitrogens with one attached hydrogen (secondary N) is 2. The minimum absolute atomic E-state index is 0.212. The molecule has 2 rings (SSSR count). The van der Waals surface area contributed by atoms with Crippen LogP contribution in [0.25, 0.3) is 0 Å². The second-order valence-corrected chi connectivity index (χ2v) is 5.24. The molecule has 23 heavy (non-hydrogen) atoms. The van der Waals surface area contributed by atoms with Gasteiger partial charge in [-0.1, -0.05) is 11.6 Å². The van der Waals surface area contributed by atoms with Gasteiger partial charge in [0.05, 0.1) is 17.8 Å². The molecule has 0 heterocycles. The van der Waals surface area contributed by atoms with E-state index in [0.717, 1.165) is 18.2 Å². The van der Waals surface area contributed by atoms with Crippen LogP contribution < -0.4 is 15.4 Å². The van der Waals surface area contributed by atoms with Crippen molar-refractivity contribution < 1.29 is 18.3 Å². The van der Waals surface area contributed by atoms with Gasteiger partial charge in [0.15, 0.2) is 0 Å². The van der Waals surface area contributed by atoms with E-state index in [0.29, 0.717) is 16.5 Å². The lowest BCUT2D eigenvalue weighted by Gasteiger charge is -2.16. The molecule has 2 aromatic rings. The first-order valence-electron chi connectivity index (χ1n) is 6.76. The number of benzene rings is 2. The van der Waals surface area contributed by atoms with Crippen LogP contribution >= 0.6 is 11.6 Å². The molecular weight excluding hydrogens is 326 g/mol. The molecule has 0 aliphatic rings. The van der Waals surface area contributed by atoms with Crippen molar-refractivity contribution in [3.63, 3.8) is 0 Å². The van der Waals surface area contributed by atoms with Crippen LogP contribution in [0.1, 0.15) is 6.92 Å². The highest BCUT2D eigenvalue weighted by molar-refractivity contribution is 6.32. The van der Waals surface area contributed by atoms with E-state index in [2.05, 4.69) is 10.6 Å². The van der Waals surface area contributed by atoms with Crippen molar-refractivity contribution in [1.29, 1.82) is 0 Å². The quantitative estimate of drug-likeness (QED) is 0.862. The maximum Gasteiger partial charge on any atom is 0.246 e. The Labute approximate surface area is 137 Å². The molecule has 0 saturated carbocycles. The molecule has 0 aliphatic carbocycles. The van der Waals surface area contributed by atoms with Crippen molar-refractivity contribution in [2.45, 2.75) is 13.0 Å². The molecule has 0 unspecified atom stereocenters. The first-order chi connectivity index (χ1) is 10.9. The molecule has 4 nitrogen and oxygen atoms in total. The molecule has 7 heteroatoms. The van der Waals surface area contributed by atoms with Crippen molar-refractivity contribution in [3.8, 4) is 5.75 Å². The maximum atomic E-state index is 13.5. The SMILES string of the molecule is COc1ccc(N[C@@H](C)C(=O)Nc2cc(F)ccc2F)cc1Cl. The van der Waals surface area contributed by atoms with E-state index >= 15 is 0 Å². The highest BCUT2D eigenvalue weighted by atomic mass is 35.5. The third kappa shape index (κ3) is 4.32. The number of halogens is 3. The zero-order chi connectivity index (χ0) is 17.0. The zero-order valence-electron chi connectivity index (χ0n) is 12.5. The standard InChI is InChI=1S/C16H15ClF2N2O2/c1-9(20-11-4-6-15(23-2)12(17)8-11)16(22)21-14-7-10(18)3-5-13(14)19/h3-9,20H,1-2H3,(H,21,22)/t9-/m0/s1. The Morgan fingerprint density at radius 3 is 2.61 bits per heavy atom. The molecule has 2 N–H and O–H groups in total. The fourth-order valence-electron chi connectivity index (χ4n) is 1.91. The lowest BCUT2D eigenvalue weighted by molar-refractivity contribution is -0.116. The van der Waals surface area contributed by atoms with E-state index < -0.39 is 23.6 Å². The van der Waals surface area contributed by atoms with Crippen LogP contribution in [0.2, 0.25) is 5.02 Å². The summed E-state index contributed by atoms with van der Waals surface area (Å²) in [5.74, 6) is -1.35. The van der Waals surface area contributed by atoms with Crippen LogP contribution in [-0.4, -0.2) is 19.1 Å². The first kappa shape index (κ1) is 17.0. The van der Waals surface area contributed by atoms with Crippen molar-refractivity contribution in [2.24, 2.45) is 0 Å². The molecule has 2 aromatic carbocycles. The third-order valence-corrected chi connectivity index (χ3v) is 3.41. The van der Waals surface area contributed by atoms with Crippen LogP contribution in [0.4, 0.5) is 20.2 Å². The van der Waals surface area contributed by atoms with Gasteiger partial charge in [-0.3, -0.25) is 4.79 Å². The highest BCUT2D eigenvalue weighted by Gasteiger charge is 2.15. The van der Waals surface area contributed by atoms with E-state index in [4.69, 9.17) is 16.3 Å². The molecule has 0 saturated heterocycles. The minimum Gasteiger partial charge on any atom is -0.495 e. The number of anilines is 2. The van der Waals surface area contributed by atoms with Gasteiger partial charge in [0.1, 0.15) is 23.4 Å². The molecular formula is C16H15ClF2N2O2. The van der Waals surface area contributed by atoms with Gasteiger partial charge in [0, 0.05) is 11.8 Å². The van der Waals surface area contributed by atoms with E-state index in [1.165, 1.54) is 7.11 Å². The van der Waals surface area contributed by atoms with Crippen LogP contribution in [0, 0.1) is 11.6 Å². The second-order valence-electron chi connectivity index (χ2n) is 4.83. The number of carbonyl (C=O) groups is 1. The maximum absolute atomic E-state index is 13.5. The lowest BCUT2D eigenvalue weighted by Crippen LogP contribution is -2.32. The van der Waals surface area contributed by atoms with Gasteiger partial charge in [0.2, 0.25) is 5.91 Å². The summed E-state index contributed by atoms with van der Waals surface area (Å²) in [5.41, 5.74) is 0.384. The van der Waals surface area contributed by atoms with Crippen molar-refractivity contribution >= 4 is 28.9 Å². The largest absolute Gasteiger partial charge is 0.495 e. The minimum atomic E-state index is -0.709. The number of rotatable bonds is 5. The monoisotopic (exact) mass is 340 g/mol. The number of ether oxygens (including phenoxy) is 1. The zero-order valence-corrected chi connectivity index (χ0v) is 13.2. The van der Waals surface area contributed by atoms with Gasteiger partial charge in [-0.2, -0.15) is 0 Å². The summed E-state index contributed by atoms with van der Waals surface area (Å²) < 4.78 is 31.7. The van der Waals surface area contributed by atoms with Gasteiger partial charge in [0.25, 0.3) is 0 Å². The normalized spacial score (nSPS) is 11.7. The summed E-state index contributed by atoms with van der Waals surface area (Å²) in [4.78, 5) is 12.1. The molecule has 0 aromatic heterocycles. The molecule has 0 aliphatic heterocycles. The van der Waals surface area contributed by atoms with Crippen molar-refractivity contribution in [1.82, 2.24) is 0 Å². The lowest BCUT2D eigenvalue weighted by atomic mass is 10.2. The summed E-state index contributed by atoms with van der Waals surface area (Å²) in [6.45, 7) is 1.59. The number of hydrogen-bond acceptors (Lipinski definition) is 3. The summed E-state index contributed by atoms with van der Waals surface area (Å²) >= 11 is 6.00. The number of methoxy groups -OCH3 is 1. The van der Waals surface area contributed by atoms with Crippen molar-refractivity contribution in [2.75, 3.05) is 17.7 Å². The number of carbonyl (C=O) groups excluding carboxylic acids is 1. The molecule has 1 amide bonds. The predicted octanol–water partition coefficient (Wildman–Crippen LogP) is 4.07. The third-order valence-electron chi connectivity index (χ3n) is 3.11. The second kappa shape index (κ2) is 7.28. The smallest absolute Gasteiger partial charge is 0.246 e. The van der Waals surface area contributed by atoms with Crippen LogP contribution in [0.15, 0.2) is 36.4 Å².